The van der Waals surface area contributed by atoms with Crippen molar-refractivity contribution in [1.29, 1.82) is 0 Å². The fourth-order valence-corrected chi connectivity index (χ4v) is 4.06. The molecule has 3 nitrogen and oxygen atoms in total. The van der Waals surface area contributed by atoms with Crippen molar-refractivity contribution in [3.8, 4) is 0 Å². The first-order valence-corrected chi connectivity index (χ1v) is 12.8. The van der Waals surface area contributed by atoms with E-state index in [9.17, 15) is 4.79 Å². The minimum Gasteiger partial charge on any atom is -0.546 e. The van der Waals surface area contributed by atoms with E-state index in [0.717, 1.165) is 16.9 Å². The quantitative estimate of drug-likeness (QED) is 0.429. The van der Waals surface area contributed by atoms with Crippen LogP contribution in [0.15, 0.2) is 72.0 Å². The van der Waals surface area contributed by atoms with E-state index in [4.69, 9.17) is 9.16 Å². The Kier molecular flexibility index (Phi) is 5.53. The second-order valence-electron chi connectivity index (χ2n) is 8.97. The summed E-state index contributed by atoms with van der Waals surface area (Å²) in [5.41, 5.74) is 2.60. The zero-order valence-electron chi connectivity index (χ0n) is 17.7. The molecule has 28 heavy (non-hydrogen) atoms. The first-order chi connectivity index (χ1) is 13.1. The first kappa shape index (κ1) is 20.4. The normalized spacial score (nSPS) is 16.9. The molecule has 0 aliphatic heterocycles. The Balaban J connectivity index is 1.82. The van der Waals surface area contributed by atoms with E-state index in [2.05, 4.69) is 33.9 Å². The van der Waals surface area contributed by atoms with E-state index in [-0.39, 0.29) is 16.9 Å². The summed E-state index contributed by atoms with van der Waals surface area (Å²) in [5, 5.41) is 0.0912. The second kappa shape index (κ2) is 7.59. The van der Waals surface area contributed by atoms with Gasteiger partial charge >= 0.3 is 5.97 Å². The number of carbonyl (C=O) groups excluding carboxylic acids is 1. The summed E-state index contributed by atoms with van der Waals surface area (Å²) in [6.45, 7) is 13.0. The second-order valence-corrected chi connectivity index (χ2v) is 13.7. The number of hydrogen-bond acceptors (Lipinski definition) is 3. The maximum Gasteiger partial charge on any atom is 0.339 e. The number of ether oxygens (including phenoxy) is 1. The molecule has 0 saturated carbocycles. The number of benzene rings is 2. The van der Waals surface area contributed by atoms with E-state index < -0.39 is 14.4 Å². The lowest BCUT2D eigenvalue weighted by Crippen LogP contribution is -2.39. The van der Waals surface area contributed by atoms with Crippen LogP contribution in [0, 0.1) is 5.92 Å². The van der Waals surface area contributed by atoms with Gasteiger partial charge in [-0.2, -0.15) is 0 Å². The van der Waals surface area contributed by atoms with Crippen LogP contribution >= 0.6 is 0 Å². The number of esters is 1. The minimum atomic E-state index is -1.97. The van der Waals surface area contributed by atoms with Gasteiger partial charge in [0.15, 0.2) is 6.10 Å². The average Bonchev–Trinajstić information content (AvgIpc) is 3.28. The topological polar surface area (TPSA) is 35.5 Å². The Morgan fingerprint density at radius 1 is 0.929 bits per heavy atom. The molecule has 0 saturated heterocycles. The largest absolute Gasteiger partial charge is 0.546 e. The summed E-state index contributed by atoms with van der Waals surface area (Å²) in [6.07, 6.45) is -0.427. The van der Waals surface area contributed by atoms with E-state index in [1.165, 1.54) is 0 Å². The number of hydrogen-bond donors (Lipinski definition) is 0. The standard InChI is InChI=1S/C24H30O3Si/c1-17-20(21(17)27-28(5,6)24(2,3)4)23(25)26-22(18-13-9-7-10-14-18)19-15-11-8-12-16-19/h7-17,22H,1-6H3. The Morgan fingerprint density at radius 3 is 1.82 bits per heavy atom. The third-order valence-electron chi connectivity index (χ3n) is 5.83. The molecule has 0 bridgehead atoms. The fraction of sp³-hybridized carbons (Fsp3) is 0.375. The summed E-state index contributed by atoms with van der Waals surface area (Å²) in [6, 6.07) is 19.7. The third kappa shape index (κ3) is 4.22. The van der Waals surface area contributed by atoms with Gasteiger partial charge in [-0.15, -0.1) is 0 Å². The van der Waals surface area contributed by atoms with Gasteiger partial charge in [0.05, 0.1) is 11.3 Å². The van der Waals surface area contributed by atoms with E-state index >= 15 is 0 Å². The molecule has 0 aromatic heterocycles. The van der Waals surface area contributed by atoms with Crippen molar-refractivity contribution in [3.63, 3.8) is 0 Å². The monoisotopic (exact) mass is 394 g/mol. The molecule has 0 heterocycles. The average molecular weight is 395 g/mol. The number of allylic oxidation sites excluding steroid dienone is 1. The molecule has 0 radical (unpaired) electrons. The number of rotatable bonds is 6. The van der Waals surface area contributed by atoms with Crippen LogP contribution in [0.4, 0.5) is 0 Å². The predicted molar refractivity (Wildman–Crippen MR) is 115 cm³/mol. The lowest BCUT2D eigenvalue weighted by molar-refractivity contribution is -0.142. The minimum absolute atomic E-state index is 0.0359. The lowest BCUT2D eigenvalue weighted by Gasteiger charge is -2.35. The highest BCUT2D eigenvalue weighted by Gasteiger charge is 2.48. The summed E-state index contributed by atoms with van der Waals surface area (Å²) < 4.78 is 12.4. The van der Waals surface area contributed by atoms with Crippen molar-refractivity contribution in [2.75, 3.05) is 0 Å². The molecule has 0 amide bonds. The molecule has 2 aromatic rings. The first-order valence-electron chi connectivity index (χ1n) is 9.86. The maximum absolute atomic E-state index is 13.0. The molecule has 148 valence electrons. The van der Waals surface area contributed by atoms with Crippen LogP contribution in [-0.4, -0.2) is 14.3 Å². The molecular weight excluding hydrogens is 364 g/mol. The van der Waals surface area contributed by atoms with Crippen LogP contribution in [0.2, 0.25) is 18.1 Å². The molecule has 4 heteroatoms. The third-order valence-corrected chi connectivity index (χ3v) is 10.2. The fourth-order valence-electron chi connectivity index (χ4n) is 2.91. The van der Waals surface area contributed by atoms with Crippen LogP contribution in [0.1, 0.15) is 44.9 Å². The SMILES string of the molecule is CC1C(O[Si](C)(C)C(C)(C)C)=C1C(=O)OC(c1ccccc1)c1ccccc1. The van der Waals surface area contributed by atoms with Gasteiger partial charge in [-0.1, -0.05) is 88.4 Å². The highest BCUT2D eigenvalue weighted by atomic mass is 28.4. The van der Waals surface area contributed by atoms with Gasteiger partial charge in [0.2, 0.25) is 8.32 Å². The molecule has 1 atom stereocenters. The Hall–Kier alpha value is -2.33. The van der Waals surface area contributed by atoms with Crippen molar-refractivity contribution in [3.05, 3.63) is 83.1 Å². The summed E-state index contributed by atoms with van der Waals surface area (Å²) in [5.74, 6) is 0.573. The summed E-state index contributed by atoms with van der Waals surface area (Å²) >= 11 is 0. The highest BCUT2D eigenvalue weighted by molar-refractivity contribution is 6.74. The Bertz CT molecular complexity index is 824. The zero-order valence-corrected chi connectivity index (χ0v) is 18.7. The molecule has 1 unspecified atom stereocenters. The van der Waals surface area contributed by atoms with Gasteiger partial charge in [-0.05, 0) is 29.3 Å². The molecule has 0 N–H and O–H groups in total. The summed E-state index contributed by atoms with van der Waals surface area (Å²) in [7, 11) is -1.97. The molecule has 1 aliphatic carbocycles. The predicted octanol–water partition coefficient (Wildman–Crippen LogP) is 6.24. The molecule has 0 fully saturated rings. The van der Waals surface area contributed by atoms with Crippen molar-refractivity contribution in [2.45, 2.75) is 51.9 Å². The Morgan fingerprint density at radius 2 is 1.39 bits per heavy atom. The van der Waals surface area contributed by atoms with Crippen molar-refractivity contribution < 1.29 is 14.0 Å². The Labute approximate surface area is 169 Å². The van der Waals surface area contributed by atoms with E-state index in [1.807, 2.05) is 67.6 Å². The van der Waals surface area contributed by atoms with Crippen LogP contribution in [0.5, 0.6) is 0 Å². The molecule has 2 aromatic carbocycles. The molecule has 0 spiro atoms. The van der Waals surface area contributed by atoms with Crippen LogP contribution in [0.25, 0.3) is 0 Å². The maximum atomic E-state index is 13.0. The van der Waals surface area contributed by atoms with Gasteiger partial charge in [-0.3, -0.25) is 0 Å². The van der Waals surface area contributed by atoms with Gasteiger partial charge < -0.3 is 9.16 Å². The molecular formula is C24H30O3Si. The van der Waals surface area contributed by atoms with Gasteiger partial charge in [0.25, 0.3) is 0 Å². The highest BCUT2D eigenvalue weighted by Crippen LogP contribution is 2.47. The van der Waals surface area contributed by atoms with Gasteiger partial charge in [-0.25, -0.2) is 4.79 Å². The molecule has 3 rings (SSSR count). The van der Waals surface area contributed by atoms with Crippen LogP contribution < -0.4 is 0 Å². The number of carbonyl (C=O) groups is 1. The van der Waals surface area contributed by atoms with Crippen molar-refractivity contribution in [2.24, 2.45) is 5.92 Å². The smallest absolute Gasteiger partial charge is 0.339 e. The van der Waals surface area contributed by atoms with E-state index in [0.29, 0.717) is 5.57 Å². The van der Waals surface area contributed by atoms with Crippen LogP contribution in [0.3, 0.4) is 0 Å². The lowest BCUT2D eigenvalue weighted by atomic mass is 10.0. The van der Waals surface area contributed by atoms with Crippen molar-refractivity contribution >= 4 is 14.3 Å². The van der Waals surface area contributed by atoms with Crippen molar-refractivity contribution in [1.82, 2.24) is 0 Å². The van der Waals surface area contributed by atoms with Crippen LogP contribution in [-0.2, 0) is 14.0 Å². The van der Waals surface area contributed by atoms with E-state index in [1.54, 1.807) is 0 Å². The van der Waals surface area contributed by atoms with Gasteiger partial charge in [0, 0.05) is 5.92 Å². The zero-order chi connectivity index (χ0) is 20.5. The summed E-state index contributed by atoms with van der Waals surface area (Å²) in [4.78, 5) is 13.0. The molecule has 1 aliphatic rings. The van der Waals surface area contributed by atoms with Gasteiger partial charge in [0.1, 0.15) is 0 Å².